The number of rotatable bonds is 4. The first kappa shape index (κ1) is 17.8. The van der Waals surface area contributed by atoms with E-state index in [1.807, 2.05) is 25.1 Å². The number of nitrogens with one attached hydrogen (secondary N) is 1. The number of nitrogens with zero attached hydrogens (tertiary/aromatic N) is 1. The van der Waals surface area contributed by atoms with Crippen LogP contribution in [-0.4, -0.2) is 29.1 Å². The van der Waals surface area contributed by atoms with Crippen molar-refractivity contribution >= 4 is 23.2 Å². The van der Waals surface area contributed by atoms with Crippen LogP contribution in [0, 0.1) is 6.92 Å². The van der Waals surface area contributed by atoms with Gasteiger partial charge in [-0.1, -0.05) is 6.07 Å². The van der Waals surface area contributed by atoms with E-state index in [2.05, 4.69) is 5.32 Å². The van der Waals surface area contributed by atoms with Crippen LogP contribution in [0.25, 0.3) is 0 Å². The smallest absolute Gasteiger partial charge is 0.270 e. The van der Waals surface area contributed by atoms with E-state index in [0.29, 0.717) is 17.1 Å². The summed E-state index contributed by atoms with van der Waals surface area (Å²) in [6, 6.07) is 11.9. The molecule has 26 heavy (non-hydrogen) atoms. The molecule has 0 spiro atoms. The van der Waals surface area contributed by atoms with E-state index in [0.717, 1.165) is 5.56 Å². The number of phenols is 1. The van der Waals surface area contributed by atoms with Crippen molar-refractivity contribution < 1.29 is 19.4 Å². The summed E-state index contributed by atoms with van der Waals surface area (Å²) in [6.45, 7) is 5.65. The molecule has 0 saturated heterocycles. The van der Waals surface area contributed by atoms with Crippen molar-refractivity contribution in [2.75, 3.05) is 16.8 Å². The molecule has 0 atom stereocenters. The van der Waals surface area contributed by atoms with Crippen molar-refractivity contribution in [2.24, 2.45) is 0 Å². The molecule has 1 heterocycles. The van der Waals surface area contributed by atoms with E-state index >= 15 is 0 Å². The molecule has 0 aliphatic carbocycles. The summed E-state index contributed by atoms with van der Waals surface area (Å²) in [6.07, 6.45) is 0.149. The van der Waals surface area contributed by atoms with Crippen molar-refractivity contribution in [3.8, 4) is 11.5 Å². The van der Waals surface area contributed by atoms with Crippen LogP contribution in [0.15, 0.2) is 42.5 Å². The van der Waals surface area contributed by atoms with E-state index < -0.39 is 5.60 Å². The van der Waals surface area contributed by atoms with Gasteiger partial charge in [0.25, 0.3) is 5.91 Å². The van der Waals surface area contributed by atoms with Crippen LogP contribution < -0.4 is 15.0 Å². The second kappa shape index (κ2) is 6.71. The predicted molar refractivity (Wildman–Crippen MR) is 99.6 cm³/mol. The van der Waals surface area contributed by atoms with Gasteiger partial charge in [0.15, 0.2) is 5.60 Å². The molecule has 0 saturated carbocycles. The molecule has 136 valence electrons. The van der Waals surface area contributed by atoms with E-state index in [1.165, 1.54) is 12.1 Å². The van der Waals surface area contributed by atoms with Crippen molar-refractivity contribution in [1.82, 2.24) is 0 Å². The lowest BCUT2D eigenvalue weighted by atomic mass is 10.0. The highest BCUT2D eigenvalue weighted by Crippen LogP contribution is 2.38. The average Bonchev–Trinajstić information content (AvgIpc) is 2.58. The fourth-order valence-corrected chi connectivity index (χ4v) is 2.88. The molecule has 0 radical (unpaired) electrons. The molecule has 0 bridgehead atoms. The van der Waals surface area contributed by atoms with Crippen LogP contribution in [0.5, 0.6) is 11.5 Å². The number of carbonyl (C=O) groups is 2. The number of carbonyl (C=O) groups excluding carboxylic acids is 2. The van der Waals surface area contributed by atoms with Gasteiger partial charge in [0.1, 0.15) is 11.5 Å². The molecule has 2 aromatic rings. The van der Waals surface area contributed by atoms with E-state index in [1.54, 1.807) is 30.9 Å². The Morgan fingerprint density at radius 1 is 1.19 bits per heavy atom. The number of phenolic OH excluding ortho intramolecular Hbond substituents is 1. The third-order valence-electron chi connectivity index (χ3n) is 4.24. The highest BCUT2D eigenvalue weighted by Gasteiger charge is 2.40. The van der Waals surface area contributed by atoms with Gasteiger partial charge in [-0.15, -0.1) is 0 Å². The number of benzene rings is 2. The highest BCUT2D eigenvalue weighted by molar-refractivity contribution is 6.03. The van der Waals surface area contributed by atoms with Gasteiger partial charge in [0.2, 0.25) is 5.91 Å². The third-order valence-corrected chi connectivity index (χ3v) is 4.24. The molecule has 6 nitrogen and oxygen atoms in total. The minimum absolute atomic E-state index is 0.135. The Bertz CT molecular complexity index is 843. The number of anilines is 2. The number of ether oxygens (including phenoxy) is 1. The molecule has 3 rings (SSSR count). The Labute approximate surface area is 152 Å². The van der Waals surface area contributed by atoms with Gasteiger partial charge in [-0.2, -0.15) is 0 Å². The molecule has 0 aromatic heterocycles. The largest absolute Gasteiger partial charge is 0.508 e. The van der Waals surface area contributed by atoms with Crippen LogP contribution in [0.4, 0.5) is 11.4 Å². The Kier molecular flexibility index (Phi) is 4.59. The van der Waals surface area contributed by atoms with Crippen LogP contribution >= 0.6 is 0 Å². The minimum atomic E-state index is -0.976. The van der Waals surface area contributed by atoms with Crippen molar-refractivity contribution in [2.45, 2.75) is 32.8 Å². The molecule has 2 amide bonds. The summed E-state index contributed by atoms with van der Waals surface area (Å²) < 4.78 is 5.82. The Morgan fingerprint density at radius 2 is 1.88 bits per heavy atom. The van der Waals surface area contributed by atoms with Gasteiger partial charge < -0.3 is 20.1 Å². The monoisotopic (exact) mass is 354 g/mol. The summed E-state index contributed by atoms with van der Waals surface area (Å²) in [5, 5.41) is 12.0. The fourth-order valence-electron chi connectivity index (χ4n) is 2.88. The third kappa shape index (κ3) is 3.64. The van der Waals surface area contributed by atoms with Gasteiger partial charge in [-0.05, 0) is 62.7 Å². The zero-order chi connectivity index (χ0) is 18.9. The van der Waals surface area contributed by atoms with E-state index in [4.69, 9.17) is 4.74 Å². The Hall–Kier alpha value is -3.02. The number of hydrogen-bond acceptors (Lipinski definition) is 4. The Balaban J connectivity index is 1.73. The number of fused-ring (bicyclic) bond motifs is 1. The molecular weight excluding hydrogens is 332 g/mol. The van der Waals surface area contributed by atoms with Crippen LogP contribution in [0.2, 0.25) is 0 Å². The maximum atomic E-state index is 12.8. The molecule has 2 aromatic carbocycles. The first-order valence-electron chi connectivity index (χ1n) is 8.47. The lowest BCUT2D eigenvalue weighted by Gasteiger charge is -2.38. The number of hydrogen-bond donors (Lipinski definition) is 2. The molecule has 0 unspecified atom stereocenters. The first-order chi connectivity index (χ1) is 12.3. The zero-order valence-electron chi connectivity index (χ0n) is 15.1. The highest BCUT2D eigenvalue weighted by atomic mass is 16.5. The Morgan fingerprint density at radius 3 is 2.58 bits per heavy atom. The summed E-state index contributed by atoms with van der Waals surface area (Å²) >= 11 is 0. The van der Waals surface area contributed by atoms with E-state index in [-0.39, 0.29) is 30.5 Å². The maximum absolute atomic E-state index is 12.8. The van der Waals surface area contributed by atoms with Gasteiger partial charge in [-0.25, -0.2) is 0 Å². The second-order valence-corrected chi connectivity index (χ2v) is 6.89. The second-order valence-electron chi connectivity index (χ2n) is 6.89. The molecule has 2 N–H and O–H groups in total. The van der Waals surface area contributed by atoms with Crippen molar-refractivity contribution in [3.63, 3.8) is 0 Å². The first-order valence-corrected chi connectivity index (χ1v) is 8.47. The van der Waals surface area contributed by atoms with Crippen LogP contribution in [0.1, 0.15) is 25.8 Å². The summed E-state index contributed by atoms with van der Waals surface area (Å²) in [5.41, 5.74) is 1.32. The zero-order valence-corrected chi connectivity index (χ0v) is 15.1. The standard InChI is InChI=1S/C20H22N2O4/c1-13-4-9-17-16(12-13)22(19(25)20(2,3)26-17)11-10-18(24)21-14-5-7-15(23)8-6-14/h4-9,12,23H,10-11H2,1-3H3,(H,21,24). The van der Waals surface area contributed by atoms with Gasteiger partial charge in [0, 0.05) is 18.7 Å². The van der Waals surface area contributed by atoms with Crippen molar-refractivity contribution in [3.05, 3.63) is 48.0 Å². The normalized spacial score (nSPS) is 15.2. The predicted octanol–water partition coefficient (Wildman–Crippen LogP) is 3.23. The van der Waals surface area contributed by atoms with Crippen LogP contribution in [-0.2, 0) is 9.59 Å². The summed E-state index contributed by atoms with van der Waals surface area (Å²) in [7, 11) is 0. The quantitative estimate of drug-likeness (QED) is 0.826. The van der Waals surface area contributed by atoms with E-state index in [9.17, 15) is 14.7 Å². The van der Waals surface area contributed by atoms with Gasteiger partial charge in [-0.3, -0.25) is 9.59 Å². The maximum Gasteiger partial charge on any atom is 0.270 e. The fraction of sp³-hybridized carbons (Fsp3) is 0.300. The van der Waals surface area contributed by atoms with Crippen molar-refractivity contribution in [1.29, 1.82) is 0 Å². The molecular formula is C20H22N2O4. The molecule has 6 heteroatoms. The lowest BCUT2D eigenvalue weighted by molar-refractivity contribution is -0.132. The number of aromatic hydroxyl groups is 1. The molecule has 1 aliphatic rings. The van der Waals surface area contributed by atoms with Gasteiger partial charge >= 0.3 is 0 Å². The van der Waals surface area contributed by atoms with Crippen LogP contribution in [0.3, 0.4) is 0 Å². The minimum Gasteiger partial charge on any atom is -0.508 e. The average molecular weight is 354 g/mol. The lowest BCUT2D eigenvalue weighted by Crippen LogP contribution is -2.53. The number of amides is 2. The molecule has 0 fully saturated rings. The summed E-state index contributed by atoms with van der Waals surface area (Å²) in [4.78, 5) is 26.6. The SMILES string of the molecule is Cc1ccc2c(c1)N(CCC(=O)Nc1ccc(O)cc1)C(=O)C(C)(C)O2. The van der Waals surface area contributed by atoms with Gasteiger partial charge in [0.05, 0.1) is 5.69 Å². The summed E-state index contributed by atoms with van der Waals surface area (Å²) in [5.74, 6) is 0.394. The number of aryl methyl sites for hydroxylation is 1. The molecule has 1 aliphatic heterocycles. The topological polar surface area (TPSA) is 78.9 Å².